The Morgan fingerprint density at radius 3 is 2.42 bits per heavy atom. The molecule has 0 radical (unpaired) electrons. The van der Waals surface area contributed by atoms with E-state index < -0.39 is 29.1 Å². The molecule has 0 unspecified atom stereocenters. The van der Waals surface area contributed by atoms with Gasteiger partial charge in [0, 0.05) is 23.9 Å². The number of fused-ring (bicyclic) bond motifs is 1. The van der Waals surface area contributed by atoms with Gasteiger partial charge in [-0.3, -0.25) is 9.20 Å². The van der Waals surface area contributed by atoms with Gasteiger partial charge in [0.15, 0.2) is 5.82 Å². The van der Waals surface area contributed by atoms with E-state index in [1.807, 2.05) is 6.07 Å². The normalized spacial score (nSPS) is 11.8. The van der Waals surface area contributed by atoms with Crippen LogP contribution in [0.4, 0.5) is 30.8 Å². The van der Waals surface area contributed by atoms with Crippen LogP contribution in [0, 0.1) is 28.8 Å². The number of nitrogens with two attached hydrogens (primary N) is 2. The van der Waals surface area contributed by atoms with Crippen molar-refractivity contribution >= 4 is 23.1 Å². The van der Waals surface area contributed by atoms with Crippen LogP contribution < -0.4 is 22.3 Å². The second-order valence-corrected chi connectivity index (χ2v) is 7.24. The number of rotatable bonds is 4. The lowest BCUT2D eigenvalue weighted by molar-refractivity contribution is 0.584. The van der Waals surface area contributed by atoms with Gasteiger partial charge in [0.2, 0.25) is 5.95 Å². The molecule has 0 saturated heterocycles. The van der Waals surface area contributed by atoms with Crippen molar-refractivity contribution in [2.24, 2.45) is 0 Å². The lowest BCUT2D eigenvalue weighted by Crippen LogP contribution is -2.20. The Morgan fingerprint density at radius 2 is 1.76 bits per heavy atom. The Morgan fingerprint density at radius 1 is 1.06 bits per heavy atom. The van der Waals surface area contributed by atoms with E-state index in [0.29, 0.717) is 11.6 Å². The van der Waals surface area contributed by atoms with Crippen molar-refractivity contribution in [2.45, 2.75) is 13.0 Å². The summed E-state index contributed by atoms with van der Waals surface area (Å²) in [7, 11) is 0. The Hall–Kier alpha value is -4.59. The maximum atomic E-state index is 14.1. The molecule has 33 heavy (non-hydrogen) atoms. The van der Waals surface area contributed by atoms with E-state index in [-0.39, 0.29) is 39.8 Å². The molecule has 3 aromatic heterocycles. The molecule has 4 aromatic rings. The van der Waals surface area contributed by atoms with Crippen molar-refractivity contribution in [2.75, 3.05) is 16.8 Å². The molecule has 166 valence electrons. The first-order valence-corrected chi connectivity index (χ1v) is 9.59. The third-order valence-electron chi connectivity index (χ3n) is 5.01. The van der Waals surface area contributed by atoms with E-state index in [1.165, 1.54) is 12.1 Å². The van der Waals surface area contributed by atoms with Crippen molar-refractivity contribution in [3.05, 3.63) is 81.5 Å². The number of hydrogen-bond acceptors (Lipinski definition) is 7. The summed E-state index contributed by atoms with van der Waals surface area (Å²) >= 11 is 0. The molecule has 0 spiro atoms. The van der Waals surface area contributed by atoms with Crippen molar-refractivity contribution in [1.82, 2.24) is 14.4 Å². The Bertz CT molecular complexity index is 1490. The number of pyridine rings is 2. The zero-order valence-corrected chi connectivity index (χ0v) is 17.1. The van der Waals surface area contributed by atoms with Gasteiger partial charge in [-0.1, -0.05) is 0 Å². The average Bonchev–Trinajstić information content (AvgIpc) is 2.73. The molecule has 0 aliphatic heterocycles. The molecular formula is C22H16F3N7O. The first kappa shape index (κ1) is 21.6. The van der Waals surface area contributed by atoms with E-state index in [2.05, 4.69) is 15.3 Å². The molecule has 1 aromatic carbocycles. The van der Waals surface area contributed by atoms with Crippen LogP contribution in [-0.2, 0) is 0 Å². The monoisotopic (exact) mass is 451 g/mol. The SMILES string of the molecule is C[C@H](Nc1nc(N)nc(N)c1C#N)c1cc(=O)n2cc(F)ccc2c1-c1cc(F)cc(F)c1. The number of benzene rings is 1. The van der Waals surface area contributed by atoms with Gasteiger partial charge in [-0.05, 0) is 42.3 Å². The van der Waals surface area contributed by atoms with Crippen LogP contribution >= 0.6 is 0 Å². The molecule has 0 saturated carbocycles. The summed E-state index contributed by atoms with van der Waals surface area (Å²) in [4.78, 5) is 20.5. The van der Waals surface area contributed by atoms with Gasteiger partial charge in [-0.25, -0.2) is 13.2 Å². The van der Waals surface area contributed by atoms with Gasteiger partial charge < -0.3 is 16.8 Å². The molecule has 0 aliphatic carbocycles. The van der Waals surface area contributed by atoms with Crippen molar-refractivity contribution in [3.8, 4) is 17.2 Å². The number of aromatic nitrogens is 3. The van der Waals surface area contributed by atoms with Gasteiger partial charge in [0.05, 0.1) is 11.6 Å². The van der Waals surface area contributed by atoms with Crippen LogP contribution in [0.3, 0.4) is 0 Å². The minimum atomic E-state index is -0.828. The molecular weight excluding hydrogens is 435 g/mol. The average molecular weight is 451 g/mol. The van der Waals surface area contributed by atoms with E-state index in [1.54, 1.807) is 6.92 Å². The largest absolute Gasteiger partial charge is 0.382 e. The van der Waals surface area contributed by atoms with Crippen LogP contribution in [0.2, 0.25) is 0 Å². The second kappa shape index (κ2) is 8.16. The highest BCUT2D eigenvalue weighted by atomic mass is 19.1. The van der Waals surface area contributed by atoms with Crippen LogP contribution in [-0.4, -0.2) is 14.4 Å². The number of halogens is 3. The predicted octanol–water partition coefficient (Wildman–Crippen LogP) is 3.38. The third-order valence-corrected chi connectivity index (χ3v) is 5.01. The van der Waals surface area contributed by atoms with Crippen LogP contribution in [0.15, 0.2) is 47.4 Å². The molecule has 4 rings (SSSR count). The van der Waals surface area contributed by atoms with Gasteiger partial charge in [0.1, 0.15) is 34.9 Å². The number of nitriles is 1. The highest BCUT2D eigenvalue weighted by molar-refractivity contribution is 5.84. The van der Waals surface area contributed by atoms with Crippen molar-refractivity contribution < 1.29 is 13.2 Å². The van der Waals surface area contributed by atoms with Crippen molar-refractivity contribution in [3.63, 3.8) is 0 Å². The minimum Gasteiger partial charge on any atom is -0.382 e. The van der Waals surface area contributed by atoms with Crippen LogP contribution in [0.25, 0.3) is 16.6 Å². The highest BCUT2D eigenvalue weighted by Gasteiger charge is 2.21. The maximum Gasteiger partial charge on any atom is 0.255 e. The first-order valence-electron chi connectivity index (χ1n) is 9.59. The molecule has 8 nitrogen and oxygen atoms in total. The third kappa shape index (κ3) is 4.01. The molecule has 3 heterocycles. The van der Waals surface area contributed by atoms with E-state index in [9.17, 15) is 23.2 Å². The molecule has 0 amide bonds. The fraction of sp³-hybridized carbons (Fsp3) is 0.0909. The Kier molecular flexibility index (Phi) is 5.35. The van der Waals surface area contributed by atoms with E-state index in [4.69, 9.17) is 11.5 Å². The number of hydrogen-bond donors (Lipinski definition) is 3. The fourth-order valence-electron chi connectivity index (χ4n) is 3.63. The van der Waals surface area contributed by atoms with E-state index in [0.717, 1.165) is 28.8 Å². The van der Waals surface area contributed by atoms with Gasteiger partial charge in [-0.15, -0.1) is 0 Å². The number of anilines is 3. The summed E-state index contributed by atoms with van der Waals surface area (Å²) in [5.74, 6) is -2.61. The standard InChI is InChI=1S/C22H16F3N7O/c1-10(29-21-16(8-26)20(27)30-22(28)31-21)15-7-18(33)32-9-12(23)2-3-17(32)19(15)11-4-13(24)6-14(25)5-11/h2-7,9-10H,1H3,(H5,27,28,29,30,31)/t10-/m0/s1. The number of nitrogen functional groups attached to an aromatic ring is 2. The fourth-order valence-corrected chi connectivity index (χ4v) is 3.63. The summed E-state index contributed by atoms with van der Waals surface area (Å²) < 4.78 is 43.0. The van der Waals surface area contributed by atoms with Gasteiger partial charge >= 0.3 is 0 Å². The summed E-state index contributed by atoms with van der Waals surface area (Å²) in [6.07, 6.45) is 0.984. The molecule has 11 heteroatoms. The Labute approximate surface area is 184 Å². The second-order valence-electron chi connectivity index (χ2n) is 7.24. The number of nitrogens with zero attached hydrogens (tertiary/aromatic N) is 4. The zero-order valence-electron chi connectivity index (χ0n) is 17.1. The van der Waals surface area contributed by atoms with Crippen LogP contribution in [0.5, 0.6) is 0 Å². The topological polar surface area (TPSA) is 135 Å². The first-order chi connectivity index (χ1) is 15.7. The molecule has 5 N–H and O–H groups in total. The summed E-state index contributed by atoms with van der Waals surface area (Å²) in [5.41, 5.74) is 11.7. The lowest BCUT2D eigenvalue weighted by Gasteiger charge is -2.21. The minimum absolute atomic E-state index is 0.0191. The molecule has 0 bridgehead atoms. The smallest absolute Gasteiger partial charge is 0.255 e. The highest BCUT2D eigenvalue weighted by Crippen LogP contribution is 2.34. The number of nitrogens with one attached hydrogen (secondary N) is 1. The van der Waals surface area contributed by atoms with Gasteiger partial charge in [0.25, 0.3) is 5.56 Å². The summed E-state index contributed by atoms with van der Waals surface area (Å²) in [6.45, 7) is 1.64. The summed E-state index contributed by atoms with van der Waals surface area (Å²) in [5, 5.41) is 12.4. The van der Waals surface area contributed by atoms with Gasteiger partial charge in [-0.2, -0.15) is 15.2 Å². The summed E-state index contributed by atoms with van der Waals surface area (Å²) in [6, 6.07) is 7.76. The maximum absolute atomic E-state index is 14.1. The molecule has 1 atom stereocenters. The van der Waals surface area contributed by atoms with E-state index >= 15 is 0 Å². The Balaban J connectivity index is 1.97. The zero-order chi connectivity index (χ0) is 23.9. The van der Waals surface area contributed by atoms with Crippen LogP contribution in [0.1, 0.15) is 24.1 Å². The lowest BCUT2D eigenvalue weighted by atomic mass is 9.94. The quantitative estimate of drug-likeness (QED) is 0.433. The van der Waals surface area contributed by atoms with Crippen molar-refractivity contribution in [1.29, 1.82) is 5.26 Å². The molecule has 0 aliphatic rings. The molecule has 0 fully saturated rings. The predicted molar refractivity (Wildman–Crippen MR) is 117 cm³/mol.